The molecule has 0 radical (unpaired) electrons. The van der Waals surface area contributed by atoms with Crippen molar-refractivity contribution in [3.8, 4) is 5.75 Å². The summed E-state index contributed by atoms with van der Waals surface area (Å²) in [5.74, 6) is -2.73. The van der Waals surface area contributed by atoms with E-state index in [0.717, 1.165) is 12.5 Å². The maximum absolute atomic E-state index is 13.5. The van der Waals surface area contributed by atoms with Gasteiger partial charge in [-0.25, -0.2) is 8.78 Å². The molecule has 0 aromatic heterocycles. The summed E-state index contributed by atoms with van der Waals surface area (Å²) in [4.78, 5) is 0. The smallest absolute Gasteiger partial charge is 0.274 e. The molecule has 0 unspecified atom stereocenters. The van der Waals surface area contributed by atoms with Gasteiger partial charge in [0.05, 0.1) is 5.56 Å². The van der Waals surface area contributed by atoms with E-state index < -0.39 is 5.92 Å². The molecule has 0 saturated heterocycles. The summed E-state index contributed by atoms with van der Waals surface area (Å²) < 4.78 is 33.2. The minimum Gasteiger partial charge on any atom is -0.488 e. The quantitative estimate of drug-likeness (QED) is 0.755. The van der Waals surface area contributed by atoms with E-state index in [1.165, 1.54) is 6.07 Å². The lowest BCUT2D eigenvalue weighted by molar-refractivity contribution is 0.0142. The zero-order chi connectivity index (χ0) is 13.9. The third-order valence-electron chi connectivity index (χ3n) is 2.65. The molecule has 100 valence electrons. The van der Waals surface area contributed by atoms with E-state index in [1.807, 2.05) is 30.3 Å². The van der Waals surface area contributed by atoms with Crippen molar-refractivity contribution in [1.29, 1.82) is 0 Å². The summed E-state index contributed by atoms with van der Waals surface area (Å²) in [5.41, 5.74) is 0.827. The second kappa shape index (κ2) is 5.70. The molecule has 0 spiro atoms. The van der Waals surface area contributed by atoms with Crippen LogP contribution in [0, 0.1) is 0 Å². The van der Waals surface area contributed by atoms with E-state index in [1.54, 1.807) is 12.1 Å². The first kappa shape index (κ1) is 14.0. The van der Waals surface area contributed by atoms with Gasteiger partial charge in [-0.05, 0) is 23.8 Å². The Balaban J connectivity index is 2.21. The summed E-state index contributed by atoms with van der Waals surface area (Å²) in [7, 11) is 0. The van der Waals surface area contributed by atoms with Gasteiger partial charge in [0.2, 0.25) is 0 Å². The summed E-state index contributed by atoms with van der Waals surface area (Å²) >= 11 is 3.20. The van der Waals surface area contributed by atoms with E-state index in [9.17, 15) is 8.78 Å². The maximum Gasteiger partial charge on any atom is 0.274 e. The van der Waals surface area contributed by atoms with Gasteiger partial charge in [-0.1, -0.05) is 46.3 Å². The molecule has 0 amide bonds. The topological polar surface area (TPSA) is 9.23 Å². The van der Waals surface area contributed by atoms with Gasteiger partial charge < -0.3 is 4.74 Å². The van der Waals surface area contributed by atoms with Crippen molar-refractivity contribution < 1.29 is 13.5 Å². The number of benzene rings is 2. The molecule has 2 aromatic rings. The summed E-state index contributed by atoms with van der Waals surface area (Å²) in [6.45, 7) is 1.13. The molecular formula is C15H13BrF2O. The van der Waals surface area contributed by atoms with Gasteiger partial charge in [0.25, 0.3) is 5.92 Å². The monoisotopic (exact) mass is 326 g/mol. The Bertz CT molecular complexity index is 550. The molecule has 0 N–H and O–H groups in total. The number of rotatable bonds is 4. The standard InChI is InChI=1S/C15H13BrF2O/c1-15(17,18)13-9-12(16)7-8-14(13)19-10-11-5-3-2-4-6-11/h2-9H,10H2,1H3. The van der Waals surface area contributed by atoms with Gasteiger partial charge in [-0.3, -0.25) is 0 Å². The Morgan fingerprint density at radius 1 is 1.11 bits per heavy atom. The van der Waals surface area contributed by atoms with Crippen LogP contribution in [0.4, 0.5) is 8.78 Å². The van der Waals surface area contributed by atoms with E-state index in [-0.39, 0.29) is 17.9 Å². The highest BCUT2D eigenvalue weighted by Crippen LogP contribution is 2.36. The van der Waals surface area contributed by atoms with E-state index in [4.69, 9.17) is 4.74 Å². The van der Waals surface area contributed by atoms with Gasteiger partial charge in [0.15, 0.2) is 0 Å². The molecule has 1 nitrogen and oxygen atoms in total. The molecule has 4 heteroatoms. The molecule has 0 bridgehead atoms. The zero-order valence-corrected chi connectivity index (χ0v) is 12.0. The Morgan fingerprint density at radius 2 is 1.79 bits per heavy atom. The second-order valence-corrected chi connectivity index (χ2v) is 5.22. The Morgan fingerprint density at radius 3 is 2.42 bits per heavy atom. The van der Waals surface area contributed by atoms with Crippen LogP contribution in [0.5, 0.6) is 5.75 Å². The number of hydrogen-bond acceptors (Lipinski definition) is 1. The lowest BCUT2D eigenvalue weighted by Gasteiger charge is -2.17. The molecule has 0 aliphatic rings. The van der Waals surface area contributed by atoms with Crippen LogP contribution in [0.2, 0.25) is 0 Å². The number of ether oxygens (including phenoxy) is 1. The van der Waals surface area contributed by atoms with Crippen molar-refractivity contribution in [1.82, 2.24) is 0 Å². The van der Waals surface area contributed by atoms with Crippen LogP contribution in [0.15, 0.2) is 53.0 Å². The highest BCUT2D eigenvalue weighted by atomic mass is 79.9. The van der Waals surface area contributed by atoms with Crippen LogP contribution in [0.25, 0.3) is 0 Å². The fraction of sp³-hybridized carbons (Fsp3) is 0.200. The molecular weight excluding hydrogens is 314 g/mol. The first-order chi connectivity index (χ1) is 8.97. The highest BCUT2D eigenvalue weighted by Gasteiger charge is 2.28. The largest absolute Gasteiger partial charge is 0.488 e. The molecule has 0 aliphatic heterocycles. The summed E-state index contributed by atoms with van der Waals surface area (Å²) in [6, 6.07) is 14.1. The minimum atomic E-state index is -2.93. The molecule has 0 atom stereocenters. The van der Waals surface area contributed by atoms with Crippen molar-refractivity contribution in [3.05, 3.63) is 64.1 Å². The first-order valence-corrected chi connectivity index (χ1v) is 6.61. The summed E-state index contributed by atoms with van der Waals surface area (Å²) in [6.07, 6.45) is 0. The van der Waals surface area contributed by atoms with Gasteiger partial charge >= 0.3 is 0 Å². The third kappa shape index (κ3) is 3.77. The Kier molecular flexibility index (Phi) is 4.20. The average Bonchev–Trinajstić information content (AvgIpc) is 2.37. The van der Waals surface area contributed by atoms with Crippen LogP contribution in [0.3, 0.4) is 0 Å². The lowest BCUT2D eigenvalue weighted by Crippen LogP contribution is -2.10. The normalized spacial score (nSPS) is 11.4. The van der Waals surface area contributed by atoms with Crippen molar-refractivity contribution in [2.75, 3.05) is 0 Å². The fourth-order valence-corrected chi connectivity index (χ4v) is 2.07. The number of hydrogen-bond donors (Lipinski definition) is 0. The average molecular weight is 327 g/mol. The van der Waals surface area contributed by atoms with Crippen LogP contribution in [-0.4, -0.2) is 0 Å². The summed E-state index contributed by atoms with van der Waals surface area (Å²) in [5, 5.41) is 0. The highest BCUT2D eigenvalue weighted by molar-refractivity contribution is 9.10. The predicted octanol–water partition coefficient (Wildman–Crippen LogP) is 5.14. The number of halogens is 3. The van der Waals surface area contributed by atoms with Crippen LogP contribution in [-0.2, 0) is 12.5 Å². The fourth-order valence-electron chi connectivity index (χ4n) is 1.71. The van der Waals surface area contributed by atoms with E-state index in [2.05, 4.69) is 15.9 Å². The molecule has 0 saturated carbocycles. The third-order valence-corrected chi connectivity index (χ3v) is 3.14. The zero-order valence-electron chi connectivity index (χ0n) is 10.4. The Labute approximate surface area is 119 Å². The molecule has 2 rings (SSSR count). The van der Waals surface area contributed by atoms with Crippen LogP contribution < -0.4 is 4.74 Å². The predicted molar refractivity (Wildman–Crippen MR) is 74.5 cm³/mol. The van der Waals surface area contributed by atoms with Gasteiger partial charge in [-0.15, -0.1) is 0 Å². The maximum atomic E-state index is 13.5. The van der Waals surface area contributed by atoms with E-state index >= 15 is 0 Å². The van der Waals surface area contributed by atoms with Crippen LogP contribution >= 0.6 is 15.9 Å². The SMILES string of the molecule is CC(F)(F)c1cc(Br)ccc1OCc1ccccc1. The number of alkyl halides is 2. The van der Waals surface area contributed by atoms with Crippen molar-refractivity contribution in [2.45, 2.75) is 19.5 Å². The van der Waals surface area contributed by atoms with Gasteiger partial charge in [-0.2, -0.15) is 0 Å². The van der Waals surface area contributed by atoms with Gasteiger partial charge in [0.1, 0.15) is 12.4 Å². The first-order valence-electron chi connectivity index (χ1n) is 5.81. The van der Waals surface area contributed by atoms with Gasteiger partial charge in [0, 0.05) is 11.4 Å². The molecule has 2 aromatic carbocycles. The van der Waals surface area contributed by atoms with Crippen molar-refractivity contribution >= 4 is 15.9 Å². The molecule has 0 fully saturated rings. The Hall–Kier alpha value is -1.42. The molecule has 0 aliphatic carbocycles. The lowest BCUT2D eigenvalue weighted by atomic mass is 10.1. The molecule has 19 heavy (non-hydrogen) atoms. The van der Waals surface area contributed by atoms with Crippen molar-refractivity contribution in [3.63, 3.8) is 0 Å². The molecule has 0 heterocycles. The minimum absolute atomic E-state index is 0.113. The van der Waals surface area contributed by atoms with Crippen molar-refractivity contribution in [2.24, 2.45) is 0 Å². The van der Waals surface area contributed by atoms with Crippen LogP contribution in [0.1, 0.15) is 18.1 Å². The van der Waals surface area contributed by atoms with E-state index in [0.29, 0.717) is 4.47 Å². The second-order valence-electron chi connectivity index (χ2n) is 4.30.